The van der Waals surface area contributed by atoms with E-state index in [1.54, 1.807) is 0 Å². The third kappa shape index (κ3) is 14.4. The standard InChI is InChI=1S/C9H13NO2.2CHF3O3S.5H3N.Os/c1-10-6-3-4-8(10)7(5-6)9(11)12-2;2*2-1(3,4)8(5,6)7;;;;;;/h3-4,6-8H,5H2,1-2H3;2*(H,5,6,7);5*1H3;/q;;;;;;;;+2/p-2. The largest absolute Gasteiger partial charge is 2.00 e. The molecule has 0 aromatic heterocycles. The second-order valence-corrected chi connectivity index (χ2v) is 8.02. The maximum Gasteiger partial charge on any atom is 2.00 e. The Morgan fingerprint density at radius 2 is 1.18 bits per heavy atom. The van der Waals surface area contributed by atoms with Crippen molar-refractivity contribution >= 4 is 26.2 Å². The summed E-state index contributed by atoms with van der Waals surface area (Å²) in [6.07, 6.45) is 5.20. The van der Waals surface area contributed by atoms with Crippen molar-refractivity contribution in [1.82, 2.24) is 35.7 Å². The molecule has 0 radical (unpaired) electrons. The number of nitrogens with zero attached hydrogens (tertiary/aromatic N) is 1. The van der Waals surface area contributed by atoms with E-state index in [-0.39, 0.29) is 68.5 Å². The molecule has 2 heterocycles. The molecule has 3 unspecified atom stereocenters. The molecule has 1 fully saturated rings. The Kier molecular flexibility index (Phi) is 25.6. The maximum absolute atomic E-state index is 11.3. The van der Waals surface area contributed by atoms with E-state index >= 15 is 0 Å². The number of ether oxygens (including phenoxy) is 1. The van der Waals surface area contributed by atoms with Crippen LogP contribution in [0.2, 0.25) is 0 Å². The van der Waals surface area contributed by atoms with Crippen LogP contribution in [0.3, 0.4) is 0 Å². The van der Waals surface area contributed by atoms with Crippen LogP contribution in [0.25, 0.3) is 0 Å². The van der Waals surface area contributed by atoms with Crippen LogP contribution in [0, 0.1) is 5.92 Å². The van der Waals surface area contributed by atoms with Crippen molar-refractivity contribution in [3.8, 4) is 0 Å². The van der Waals surface area contributed by atoms with Crippen LogP contribution >= 0.6 is 0 Å². The number of hydrogen-bond donors (Lipinski definition) is 5. The molecule has 1 saturated heterocycles. The molecule has 2 aliphatic heterocycles. The van der Waals surface area contributed by atoms with Gasteiger partial charge in [0.15, 0.2) is 20.2 Å². The first-order valence-electron chi connectivity index (χ1n) is 6.76. The Morgan fingerprint density at radius 1 is 0.882 bits per heavy atom. The normalized spacial score (nSPS) is 20.4. The summed E-state index contributed by atoms with van der Waals surface area (Å²) < 4.78 is 123. The fourth-order valence-corrected chi connectivity index (χ4v) is 2.18. The van der Waals surface area contributed by atoms with E-state index in [2.05, 4.69) is 24.1 Å². The number of rotatable bonds is 1. The summed E-state index contributed by atoms with van der Waals surface area (Å²) >= 11 is 0. The van der Waals surface area contributed by atoms with Crippen molar-refractivity contribution in [3.05, 3.63) is 12.2 Å². The first-order valence-corrected chi connectivity index (χ1v) is 9.58. The molecule has 0 saturated carbocycles. The molecule has 212 valence electrons. The Labute approximate surface area is 205 Å². The van der Waals surface area contributed by atoms with Gasteiger partial charge in [-0.15, -0.1) is 0 Å². The molecule has 2 rings (SSSR count). The number of carbonyl (C=O) groups is 1. The van der Waals surface area contributed by atoms with Gasteiger partial charge < -0.3 is 44.6 Å². The zero-order valence-corrected chi connectivity index (χ0v) is 22.0. The monoisotopic (exact) mass is 742 g/mol. The molecule has 2 aliphatic rings. The summed E-state index contributed by atoms with van der Waals surface area (Å²) in [7, 11) is -8.67. The van der Waals surface area contributed by atoms with Crippen molar-refractivity contribution in [2.45, 2.75) is 29.5 Å². The van der Waals surface area contributed by atoms with Crippen LogP contribution in [-0.4, -0.2) is 74.1 Å². The molecule has 0 spiro atoms. The summed E-state index contributed by atoms with van der Waals surface area (Å²) in [5.41, 5.74) is -11.3. The van der Waals surface area contributed by atoms with E-state index in [1.165, 1.54) is 7.11 Å². The second-order valence-electron chi connectivity index (χ2n) is 5.27. The molecular weight excluding hydrogens is 713 g/mol. The summed E-state index contributed by atoms with van der Waals surface area (Å²) in [5.74, 6) is -0.00583. The van der Waals surface area contributed by atoms with Gasteiger partial charge in [0.1, 0.15) is 0 Å². The van der Waals surface area contributed by atoms with Gasteiger partial charge in [0.05, 0.1) is 13.0 Å². The summed E-state index contributed by atoms with van der Waals surface area (Å²) in [5, 5.41) is 0. The van der Waals surface area contributed by atoms with Crippen LogP contribution in [0.4, 0.5) is 26.3 Å². The molecule has 14 nitrogen and oxygen atoms in total. The predicted octanol–water partition coefficient (Wildman–Crippen LogP) is 1.33. The van der Waals surface area contributed by atoms with E-state index in [9.17, 15) is 31.1 Å². The van der Waals surface area contributed by atoms with Crippen LogP contribution in [0.15, 0.2) is 12.2 Å². The zero-order valence-electron chi connectivity index (χ0n) is 17.8. The number of halogens is 6. The predicted molar refractivity (Wildman–Crippen MR) is 101 cm³/mol. The fourth-order valence-electron chi connectivity index (χ4n) is 2.18. The minimum absolute atomic E-state index is 0. The van der Waals surface area contributed by atoms with Crippen LogP contribution in [0.5, 0.6) is 0 Å². The summed E-state index contributed by atoms with van der Waals surface area (Å²) in [6.45, 7) is 0. The SMILES string of the molecule is COC(=O)C1CC2C=CC1N2C.N.N.N.N.N.O=S(=O)([O-])C(F)(F)F.O=S(=O)([O-])C(F)(F)F.[Os+2]. The van der Waals surface area contributed by atoms with Crippen LogP contribution < -0.4 is 30.8 Å². The number of fused-ring (bicyclic) bond motifs is 2. The molecule has 34 heavy (non-hydrogen) atoms. The number of hydrogen-bond acceptors (Lipinski definition) is 14. The number of esters is 1. The van der Waals surface area contributed by atoms with Crippen molar-refractivity contribution in [2.75, 3.05) is 14.2 Å². The quantitative estimate of drug-likeness (QED) is 0.0833. The smallest absolute Gasteiger partial charge is 0.741 e. The molecule has 0 aromatic carbocycles. The third-order valence-corrected chi connectivity index (χ3v) is 4.64. The van der Waals surface area contributed by atoms with Gasteiger partial charge in [-0.05, 0) is 13.5 Å². The molecule has 3 atom stereocenters. The van der Waals surface area contributed by atoms with Gasteiger partial charge in [-0.1, -0.05) is 12.2 Å². The van der Waals surface area contributed by atoms with Gasteiger partial charge in [-0.25, -0.2) is 16.8 Å². The Morgan fingerprint density at radius 3 is 1.32 bits per heavy atom. The Balaban J connectivity index is -0.0000000610. The maximum atomic E-state index is 11.3. The minimum atomic E-state index is -6.09. The van der Waals surface area contributed by atoms with Gasteiger partial charge >= 0.3 is 36.8 Å². The molecule has 2 bridgehead atoms. The Bertz CT molecular complexity index is 770. The van der Waals surface area contributed by atoms with E-state index in [4.69, 9.17) is 30.7 Å². The molecule has 0 amide bonds. The third-order valence-electron chi connectivity index (χ3n) is 3.50. The summed E-state index contributed by atoms with van der Waals surface area (Å²) in [6, 6.07) is 0.738. The van der Waals surface area contributed by atoms with Crippen molar-refractivity contribution in [1.29, 1.82) is 0 Å². The first kappa shape index (κ1) is 50.0. The van der Waals surface area contributed by atoms with E-state index in [1.807, 2.05) is 0 Å². The van der Waals surface area contributed by atoms with Gasteiger partial charge in [-0.2, -0.15) is 26.3 Å². The molecule has 0 aliphatic carbocycles. The number of methoxy groups -OCH3 is 1. The van der Waals surface area contributed by atoms with E-state index < -0.39 is 31.3 Å². The molecule has 15 N–H and O–H groups in total. The van der Waals surface area contributed by atoms with Crippen LogP contribution in [0.1, 0.15) is 6.42 Å². The molecular formula is C11H28F6N6O8OsS2. The fraction of sp³-hybridized carbons (Fsp3) is 0.727. The molecule has 0 aromatic rings. The van der Waals surface area contributed by atoms with Crippen LogP contribution in [-0.2, 0) is 49.6 Å². The van der Waals surface area contributed by atoms with Crippen molar-refractivity contribution < 1.29 is 81.6 Å². The minimum Gasteiger partial charge on any atom is -0.741 e. The van der Waals surface area contributed by atoms with Crippen molar-refractivity contribution in [3.63, 3.8) is 0 Å². The van der Waals surface area contributed by atoms with Gasteiger partial charge in [0.2, 0.25) is 0 Å². The van der Waals surface area contributed by atoms with E-state index in [0.717, 1.165) is 6.42 Å². The topological polar surface area (TPSA) is 319 Å². The van der Waals surface area contributed by atoms with Gasteiger partial charge in [0, 0.05) is 12.1 Å². The summed E-state index contributed by atoms with van der Waals surface area (Å²) in [4.78, 5) is 13.5. The van der Waals surface area contributed by atoms with Gasteiger partial charge in [-0.3, -0.25) is 9.69 Å². The average molecular weight is 741 g/mol. The Hall–Kier alpha value is -0.994. The number of likely N-dealkylation sites (N-methyl/N-ethyl adjacent to an activating group) is 1. The zero-order chi connectivity index (χ0) is 22.7. The van der Waals surface area contributed by atoms with E-state index in [0.29, 0.717) is 6.04 Å². The first-order chi connectivity index (χ1) is 12.2. The average Bonchev–Trinajstić information content (AvgIpc) is 2.99. The van der Waals surface area contributed by atoms with Gasteiger partial charge in [0.25, 0.3) is 0 Å². The number of carbonyl (C=O) groups excluding carboxylic acids is 1. The van der Waals surface area contributed by atoms with Crippen molar-refractivity contribution in [2.24, 2.45) is 5.92 Å². The molecule has 23 heteroatoms. The number of alkyl halides is 6. The second kappa shape index (κ2) is 17.4.